The van der Waals surface area contributed by atoms with E-state index in [0.29, 0.717) is 12.0 Å². The van der Waals surface area contributed by atoms with Crippen molar-refractivity contribution in [3.05, 3.63) is 0 Å². The SMILES string of the molecule is CCCCCC(C)NC(=NCC(=O)N(C)C)NCC1CCCO1. The van der Waals surface area contributed by atoms with Crippen molar-refractivity contribution < 1.29 is 9.53 Å². The van der Waals surface area contributed by atoms with Crippen molar-refractivity contribution in [1.29, 1.82) is 0 Å². The van der Waals surface area contributed by atoms with E-state index in [1.165, 1.54) is 19.3 Å². The summed E-state index contributed by atoms with van der Waals surface area (Å²) in [5, 5.41) is 6.73. The Morgan fingerprint density at radius 3 is 2.78 bits per heavy atom. The summed E-state index contributed by atoms with van der Waals surface area (Å²) in [6.07, 6.45) is 7.25. The molecular weight excluding hydrogens is 292 g/mol. The fraction of sp³-hybridized carbons (Fsp3) is 0.882. The fourth-order valence-corrected chi connectivity index (χ4v) is 2.46. The summed E-state index contributed by atoms with van der Waals surface area (Å²) >= 11 is 0. The number of hydrogen-bond acceptors (Lipinski definition) is 3. The van der Waals surface area contributed by atoms with Gasteiger partial charge in [0, 0.05) is 33.3 Å². The molecule has 0 bridgehead atoms. The summed E-state index contributed by atoms with van der Waals surface area (Å²) < 4.78 is 5.63. The smallest absolute Gasteiger partial charge is 0.243 e. The number of carbonyl (C=O) groups excluding carboxylic acids is 1. The Morgan fingerprint density at radius 2 is 2.17 bits per heavy atom. The number of ether oxygens (including phenoxy) is 1. The van der Waals surface area contributed by atoms with E-state index in [1.54, 1.807) is 19.0 Å². The first kappa shape index (κ1) is 19.7. The molecule has 6 heteroatoms. The average molecular weight is 326 g/mol. The van der Waals surface area contributed by atoms with Crippen LogP contribution in [0.1, 0.15) is 52.4 Å². The topological polar surface area (TPSA) is 66.0 Å². The van der Waals surface area contributed by atoms with E-state index >= 15 is 0 Å². The van der Waals surface area contributed by atoms with Crippen LogP contribution in [0.25, 0.3) is 0 Å². The lowest BCUT2D eigenvalue weighted by molar-refractivity contribution is -0.127. The first-order valence-corrected chi connectivity index (χ1v) is 8.89. The molecule has 0 aromatic carbocycles. The Hall–Kier alpha value is -1.30. The number of rotatable bonds is 9. The number of nitrogens with one attached hydrogen (secondary N) is 2. The Morgan fingerprint density at radius 1 is 1.39 bits per heavy atom. The van der Waals surface area contributed by atoms with Gasteiger partial charge in [-0.1, -0.05) is 26.2 Å². The van der Waals surface area contributed by atoms with Crippen molar-refractivity contribution in [2.75, 3.05) is 33.8 Å². The Balaban J connectivity index is 2.48. The zero-order chi connectivity index (χ0) is 17.1. The fourth-order valence-electron chi connectivity index (χ4n) is 2.46. The number of carbonyl (C=O) groups is 1. The van der Waals surface area contributed by atoms with E-state index in [4.69, 9.17) is 4.74 Å². The maximum atomic E-state index is 11.7. The van der Waals surface area contributed by atoms with Crippen LogP contribution in [0.4, 0.5) is 0 Å². The van der Waals surface area contributed by atoms with Gasteiger partial charge in [0.05, 0.1) is 6.10 Å². The van der Waals surface area contributed by atoms with E-state index in [0.717, 1.165) is 32.4 Å². The molecule has 1 saturated heterocycles. The molecule has 0 radical (unpaired) electrons. The molecule has 2 atom stereocenters. The predicted molar refractivity (Wildman–Crippen MR) is 94.7 cm³/mol. The normalized spacial score (nSPS) is 19.5. The molecule has 2 N–H and O–H groups in total. The molecule has 1 rings (SSSR count). The second-order valence-electron chi connectivity index (χ2n) is 6.51. The van der Waals surface area contributed by atoms with Crippen molar-refractivity contribution in [2.45, 2.75) is 64.5 Å². The Bertz CT molecular complexity index is 366. The van der Waals surface area contributed by atoms with Crippen molar-refractivity contribution >= 4 is 11.9 Å². The summed E-state index contributed by atoms with van der Waals surface area (Å²) in [6.45, 7) is 6.12. The largest absolute Gasteiger partial charge is 0.376 e. The molecule has 1 aliphatic heterocycles. The third kappa shape index (κ3) is 8.79. The molecule has 0 saturated carbocycles. The summed E-state index contributed by atoms with van der Waals surface area (Å²) in [5.74, 6) is 0.710. The second kappa shape index (κ2) is 11.3. The van der Waals surface area contributed by atoms with Crippen molar-refractivity contribution in [2.24, 2.45) is 4.99 Å². The van der Waals surface area contributed by atoms with Crippen LogP contribution >= 0.6 is 0 Å². The molecular formula is C17H34N4O2. The number of amides is 1. The van der Waals surface area contributed by atoms with Crippen LogP contribution in [0.15, 0.2) is 4.99 Å². The summed E-state index contributed by atoms with van der Waals surface area (Å²) in [6, 6.07) is 0.340. The monoisotopic (exact) mass is 326 g/mol. The third-order valence-electron chi connectivity index (χ3n) is 4.02. The Kier molecular flexibility index (Phi) is 9.67. The molecule has 0 aromatic heterocycles. The number of hydrogen-bond donors (Lipinski definition) is 2. The second-order valence-corrected chi connectivity index (χ2v) is 6.51. The number of guanidine groups is 1. The third-order valence-corrected chi connectivity index (χ3v) is 4.02. The van der Waals surface area contributed by atoms with Crippen molar-refractivity contribution in [3.8, 4) is 0 Å². The van der Waals surface area contributed by atoms with Crippen LogP contribution in [0.5, 0.6) is 0 Å². The van der Waals surface area contributed by atoms with E-state index in [-0.39, 0.29) is 18.6 Å². The quantitative estimate of drug-likeness (QED) is 0.385. The van der Waals surface area contributed by atoms with Gasteiger partial charge in [0.15, 0.2) is 5.96 Å². The predicted octanol–water partition coefficient (Wildman–Crippen LogP) is 1.76. The van der Waals surface area contributed by atoms with Crippen LogP contribution in [0, 0.1) is 0 Å². The molecule has 2 unspecified atom stereocenters. The molecule has 1 fully saturated rings. The van der Waals surface area contributed by atoms with Gasteiger partial charge < -0.3 is 20.3 Å². The van der Waals surface area contributed by atoms with Crippen LogP contribution in [0.3, 0.4) is 0 Å². The van der Waals surface area contributed by atoms with E-state index in [1.807, 2.05) is 0 Å². The number of unbranched alkanes of at least 4 members (excludes halogenated alkanes) is 2. The van der Waals surface area contributed by atoms with Crippen molar-refractivity contribution in [3.63, 3.8) is 0 Å². The molecule has 0 aromatic rings. The Labute approximate surface area is 141 Å². The van der Waals surface area contributed by atoms with Gasteiger partial charge in [-0.15, -0.1) is 0 Å². The molecule has 0 aliphatic carbocycles. The number of nitrogens with zero attached hydrogens (tertiary/aromatic N) is 2. The standard InChI is InChI=1S/C17H34N4O2/c1-5-6-7-9-14(2)20-17(19-13-16(22)21(3)4)18-12-15-10-8-11-23-15/h14-15H,5-13H2,1-4H3,(H2,18,19,20). The zero-order valence-electron chi connectivity index (χ0n) is 15.2. The molecule has 23 heavy (non-hydrogen) atoms. The highest BCUT2D eigenvalue weighted by Gasteiger charge is 2.16. The number of aliphatic imine (C=N–C) groups is 1. The van der Waals surface area contributed by atoms with Gasteiger partial charge in [-0.2, -0.15) is 0 Å². The molecule has 1 amide bonds. The first-order valence-electron chi connectivity index (χ1n) is 8.89. The lowest BCUT2D eigenvalue weighted by Crippen LogP contribution is -2.45. The molecule has 1 aliphatic rings. The maximum Gasteiger partial charge on any atom is 0.243 e. The summed E-state index contributed by atoms with van der Waals surface area (Å²) in [5.41, 5.74) is 0. The lowest BCUT2D eigenvalue weighted by Gasteiger charge is -2.20. The molecule has 6 nitrogen and oxygen atoms in total. The van der Waals surface area contributed by atoms with Crippen LogP contribution in [-0.4, -0.2) is 62.7 Å². The van der Waals surface area contributed by atoms with E-state index in [2.05, 4.69) is 29.5 Å². The minimum absolute atomic E-state index is 0.00172. The highest BCUT2D eigenvalue weighted by Crippen LogP contribution is 2.10. The van der Waals surface area contributed by atoms with Gasteiger partial charge in [-0.3, -0.25) is 4.79 Å². The van der Waals surface area contributed by atoms with Crippen LogP contribution in [-0.2, 0) is 9.53 Å². The highest BCUT2D eigenvalue weighted by atomic mass is 16.5. The molecule has 134 valence electrons. The van der Waals surface area contributed by atoms with Gasteiger partial charge in [-0.05, 0) is 26.2 Å². The van der Waals surface area contributed by atoms with Gasteiger partial charge in [0.25, 0.3) is 0 Å². The van der Waals surface area contributed by atoms with Crippen molar-refractivity contribution in [1.82, 2.24) is 15.5 Å². The minimum atomic E-state index is 0.00172. The maximum absolute atomic E-state index is 11.7. The lowest BCUT2D eigenvalue weighted by atomic mass is 10.1. The molecule has 0 spiro atoms. The first-order chi connectivity index (χ1) is 11.0. The van der Waals surface area contributed by atoms with Crippen LogP contribution < -0.4 is 10.6 Å². The van der Waals surface area contributed by atoms with Crippen LogP contribution in [0.2, 0.25) is 0 Å². The minimum Gasteiger partial charge on any atom is -0.376 e. The zero-order valence-corrected chi connectivity index (χ0v) is 15.2. The van der Waals surface area contributed by atoms with Gasteiger partial charge in [-0.25, -0.2) is 4.99 Å². The highest BCUT2D eigenvalue weighted by molar-refractivity contribution is 5.84. The molecule has 1 heterocycles. The van der Waals surface area contributed by atoms with E-state index in [9.17, 15) is 4.79 Å². The number of likely N-dealkylation sites (N-methyl/N-ethyl adjacent to an activating group) is 1. The average Bonchev–Trinajstić information content (AvgIpc) is 3.03. The van der Waals surface area contributed by atoms with Gasteiger partial charge in [0.1, 0.15) is 6.54 Å². The van der Waals surface area contributed by atoms with E-state index < -0.39 is 0 Å². The van der Waals surface area contributed by atoms with Gasteiger partial charge in [0.2, 0.25) is 5.91 Å². The summed E-state index contributed by atoms with van der Waals surface area (Å²) in [4.78, 5) is 17.7. The van der Waals surface area contributed by atoms with Gasteiger partial charge >= 0.3 is 0 Å². The summed E-state index contributed by atoms with van der Waals surface area (Å²) in [7, 11) is 3.50.